The van der Waals surface area contributed by atoms with Crippen LogP contribution in [0.4, 0.5) is 10.1 Å². The second-order valence-electron chi connectivity index (χ2n) is 7.81. The Balaban J connectivity index is 1.48. The molecule has 3 aliphatic heterocycles. The normalized spacial score (nSPS) is 33.0. The third-order valence-corrected chi connectivity index (χ3v) is 5.89. The van der Waals surface area contributed by atoms with Gasteiger partial charge in [-0.2, -0.15) is 0 Å². The van der Waals surface area contributed by atoms with Crippen LogP contribution < -0.4 is 21.8 Å². The van der Waals surface area contributed by atoms with Crippen molar-refractivity contribution in [2.24, 2.45) is 11.7 Å². The quantitative estimate of drug-likeness (QED) is 0.580. The molecular weight excluding hydrogens is 349 g/mol. The maximum atomic E-state index is 13.6. The summed E-state index contributed by atoms with van der Waals surface area (Å²) in [6.45, 7) is 2.54. The molecule has 0 bridgehead atoms. The fraction of sp³-hybridized carbons (Fsp3) is 0.667. The average molecular weight is 377 g/mol. The molecule has 5 N–H and O–H groups in total. The Kier molecular flexibility index (Phi) is 5.38. The lowest BCUT2D eigenvalue weighted by atomic mass is 9.89. The molecular formula is C18H28FN7O. The van der Waals surface area contributed by atoms with Crippen LogP contribution in [0.1, 0.15) is 24.3 Å². The SMILES string of the molecule is CN1CCC(c2ccncc2NC(=O)C2C(N)NN3CC(F)CNC23)CC1. The van der Waals surface area contributed by atoms with Gasteiger partial charge in [-0.25, -0.2) is 14.8 Å². The molecule has 8 nitrogen and oxygen atoms in total. The van der Waals surface area contributed by atoms with E-state index >= 15 is 0 Å². The summed E-state index contributed by atoms with van der Waals surface area (Å²) in [6, 6.07) is 2.00. The Morgan fingerprint density at radius 1 is 1.41 bits per heavy atom. The predicted molar refractivity (Wildman–Crippen MR) is 100 cm³/mol. The molecule has 0 radical (unpaired) electrons. The van der Waals surface area contributed by atoms with Gasteiger partial charge in [-0.1, -0.05) is 0 Å². The lowest BCUT2D eigenvalue weighted by molar-refractivity contribution is -0.121. The molecule has 0 saturated carbocycles. The number of pyridine rings is 1. The number of piperidine rings is 1. The fourth-order valence-electron chi connectivity index (χ4n) is 4.38. The third-order valence-electron chi connectivity index (χ3n) is 5.89. The molecule has 1 aromatic heterocycles. The number of amides is 1. The number of nitrogens with one attached hydrogen (secondary N) is 3. The van der Waals surface area contributed by atoms with Crippen LogP contribution in [0.2, 0.25) is 0 Å². The Bertz CT molecular complexity index is 681. The van der Waals surface area contributed by atoms with E-state index in [4.69, 9.17) is 5.73 Å². The van der Waals surface area contributed by atoms with Crippen LogP contribution in [0.15, 0.2) is 18.5 Å². The summed E-state index contributed by atoms with van der Waals surface area (Å²) in [4.78, 5) is 19.5. The molecule has 4 atom stereocenters. The van der Waals surface area contributed by atoms with Gasteiger partial charge in [0.25, 0.3) is 0 Å². The summed E-state index contributed by atoms with van der Waals surface area (Å²) in [5.41, 5.74) is 11.0. The first-order valence-electron chi connectivity index (χ1n) is 9.62. The third kappa shape index (κ3) is 3.83. The van der Waals surface area contributed by atoms with Crippen LogP contribution in [0.5, 0.6) is 0 Å². The van der Waals surface area contributed by atoms with Crippen LogP contribution >= 0.6 is 0 Å². The largest absolute Gasteiger partial charge is 0.324 e. The van der Waals surface area contributed by atoms with E-state index in [0.29, 0.717) is 5.92 Å². The average Bonchev–Trinajstić information content (AvgIpc) is 2.98. The van der Waals surface area contributed by atoms with E-state index in [1.165, 1.54) is 0 Å². The van der Waals surface area contributed by atoms with Gasteiger partial charge in [-0.15, -0.1) is 0 Å². The van der Waals surface area contributed by atoms with Gasteiger partial charge in [0.15, 0.2) is 0 Å². The highest BCUT2D eigenvalue weighted by Crippen LogP contribution is 2.33. The van der Waals surface area contributed by atoms with E-state index in [9.17, 15) is 9.18 Å². The van der Waals surface area contributed by atoms with Gasteiger partial charge in [0.05, 0.1) is 30.1 Å². The number of likely N-dealkylation sites (tertiary alicyclic amines) is 1. The van der Waals surface area contributed by atoms with Gasteiger partial charge in [0.1, 0.15) is 6.17 Å². The van der Waals surface area contributed by atoms with Crippen molar-refractivity contribution in [2.45, 2.75) is 37.3 Å². The number of hydrogen-bond donors (Lipinski definition) is 4. The summed E-state index contributed by atoms with van der Waals surface area (Å²) >= 11 is 0. The molecule has 148 valence electrons. The monoisotopic (exact) mass is 377 g/mol. The van der Waals surface area contributed by atoms with Crippen molar-refractivity contribution >= 4 is 11.6 Å². The Hall–Kier alpha value is -1.65. The first-order valence-corrected chi connectivity index (χ1v) is 9.62. The second-order valence-corrected chi connectivity index (χ2v) is 7.81. The van der Waals surface area contributed by atoms with Crippen molar-refractivity contribution in [1.29, 1.82) is 0 Å². The minimum Gasteiger partial charge on any atom is -0.324 e. The number of rotatable bonds is 3. The number of nitrogens with two attached hydrogens (primary N) is 1. The molecule has 0 aromatic carbocycles. The van der Waals surface area contributed by atoms with Crippen LogP contribution in [0.3, 0.4) is 0 Å². The van der Waals surface area contributed by atoms with Crippen LogP contribution in [-0.2, 0) is 4.79 Å². The molecule has 4 unspecified atom stereocenters. The lowest BCUT2D eigenvalue weighted by Gasteiger charge is -2.34. The Morgan fingerprint density at radius 2 is 2.19 bits per heavy atom. The Labute approximate surface area is 158 Å². The summed E-state index contributed by atoms with van der Waals surface area (Å²) in [6.07, 6.45) is 3.76. The number of hydrogen-bond acceptors (Lipinski definition) is 7. The van der Waals surface area contributed by atoms with Crippen molar-refractivity contribution in [2.75, 3.05) is 38.5 Å². The number of aromatic nitrogens is 1. The number of fused-ring (bicyclic) bond motifs is 1. The van der Waals surface area contributed by atoms with E-state index in [1.54, 1.807) is 17.4 Å². The number of alkyl halides is 1. The molecule has 9 heteroatoms. The van der Waals surface area contributed by atoms with E-state index in [2.05, 4.69) is 33.0 Å². The summed E-state index contributed by atoms with van der Waals surface area (Å²) in [5, 5.41) is 7.83. The highest BCUT2D eigenvalue weighted by Gasteiger charge is 2.47. The fourth-order valence-corrected chi connectivity index (χ4v) is 4.38. The predicted octanol–water partition coefficient (Wildman–Crippen LogP) is -0.182. The minimum absolute atomic E-state index is 0.172. The number of halogens is 1. The van der Waals surface area contributed by atoms with Crippen molar-refractivity contribution < 1.29 is 9.18 Å². The number of carbonyl (C=O) groups is 1. The summed E-state index contributed by atoms with van der Waals surface area (Å²) < 4.78 is 13.6. The van der Waals surface area contributed by atoms with Gasteiger partial charge in [0, 0.05) is 19.3 Å². The van der Waals surface area contributed by atoms with Crippen LogP contribution in [0.25, 0.3) is 0 Å². The van der Waals surface area contributed by atoms with E-state index in [0.717, 1.165) is 37.2 Å². The maximum Gasteiger partial charge on any atom is 0.233 e. The van der Waals surface area contributed by atoms with Crippen LogP contribution in [0, 0.1) is 5.92 Å². The highest BCUT2D eigenvalue weighted by molar-refractivity contribution is 5.94. The van der Waals surface area contributed by atoms with E-state index in [1.807, 2.05) is 6.07 Å². The molecule has 4 heterocycles. The molecule has 0 aliphatic carbocycles. The first-order chi connectivity index (χ1) is 13.0. The van der Waals surface area contributed by atoms with Crippen molar-refractivity contribution in [3.63, 3.8) is 0 Å². The van der Waals surface area contributed by atoms with Gasteiger partial charge >= 0.3 is 0 Å². The molecule has 3 saturated heterocycles. The van der Waals surface area contributed by atoms with Crippen molar-refractivity contribution in [3.8, 4) is 0 Å². The number of hydrazine groups is 1. The molecule has 3 aliphatic rings. The Morgan fingerprint density at radius 3 is 2.96 bits per heavy atom. The molecule has 1 amide bonds. The zero-order valence-corrected chi connectivity index (χ0v) is 15.6. The van der Waals surface area contributed by atoms with Crippen molar-refractivity contribution in [3.05, 3.63) is 24.0 Å². The first kappa shape index (κ1) is 18.7. The van der Waals surface area contributed by atoms with Gasteiger partial charge < -0.3 is 16.0 Å². The lowest BCUT2D eigenvalue weighted by Crippen LogP contribution is -2.58. The topological polar surface area (TPSA) is 98.5 Å². The molecule has 0 spiro atoms. The zero-order chi connectivity index (χ0) is 19.0. The minimum atomic E-state index is -0.975. The molecule has 3 fully saturated rings. The van der Waals surface area contributed by atoms with Gasteiger partial charge in [0.2, 0.25) is 5.91 Å². The summed E-state index contributed by atoms with van der Waals surface area (Å²) in [5.74, 6) is -0.274. The number of nitrogens with zero attached hydrogens (tertiary/aromatic N) is 3. The number of anilines is 1. The highest BCUT2D eigenvalue weighted by atomic mass is 19.1. The van der Waals surface area contributed by atoms with Gasteiger partial charge in [-0.05, 0) is 50.5 Å². The van der Waals surface area contributed by atoms with Gasteiger partial charge in [-0.3, -0.25) is 15.1 Å². The molecule has 27 heavy (non-hydrogen) atoms. The van der Waals surface area contributed by atoms with Crippen molar-refractivity contribution in [1.82, 2.24) is 25.6 Å². The van der Waals surface area contributed by atoms with Crippen LogP contribution in [-0.4, -0.2) is 72.5 Å². The molecule has 1 aromatic rings. The van der Waals surface area contributed by atoms with E-state index in [-0.39, 0.29) is 25.2 Å². The summed E-state index contributed by atoms with van der Waals surface area (Å²) in [7, 11) is 2.13. The molecule has 4 rings (SSSR count). The second kappa shape index (κ2) is 7.76. The number of carbonyl (C=O) groups excluding carboxylic acids is 1. The maximum absolute atomic E-state index is 13.6. The zero-order valence-electron chi connectivity index (χ0n) is 15.6. The van der Waals surface area contributed by atoms with E-state index < -0.39 is 18.3 Å². The smallest absolute Gasteiger partial charge is 0.233 e. The standard InChI is InChI=1S/C18H28FN7O/c1-25-6-3-11(4-7-25)13-2-5-21-9-14(13)23-18(27)15-16(20)24-26-10-12(19)8-22-17(15)26/h2,5,9,11-12,15-17,22,24H,3-4,6-8,10,20H2,1H3,(H,23,27).